The van der Waals surface area contributed by atoms with Crippen molar-refractivity contribution in [1.29, 1.82) is 0 Å². The lowest BCUT2D eigenvalue weighted by molar-refractivity contribution is 0.280. The molecule has 0 aliphatic carbocycles. The van der Waals surface area contributed by atoms with Crippen LogP contribution in [0, 0.1) is 0 Å². The van der Waals surface area contributed by atoms with Crippen LogP contribution in [0.1, 0.15) is 25.3 Å². The third-order valence-electron chi connectivity index (χ3n) is 2.54. The van der Waals surface area contributed by atoms with Gasteiger partial charge >= 0.3 is 0 Å². The van der Waals surface area contributed by atoms with Gasteiger partial charge in [-0.25, -0.2) is 0 Å². The molecule has 0 aromatic heterocycles. The van der Waals surface area contributed by atoms with Crippen molar-refractivity contribution >= 4 is 15.9 Å². The number of nitrogens with zero attached hydrogens (tertiary/aromatic N) is 1. The minimum atomic E-state index is 0.768. The van der Waals surface area contributed by atoms with Crippen molar-refractivity contribution in [2.24, 2.45) is 0 Å². The Labute approximate surface area is 113 Å². The van der Waals surface area contributed by atoms with Crippen LogP contribution in [0.5, 0.6) is 5.75 Å². The van der Waals surface area contributed by atoms with Gasteiger partial charge in [-0.3, -0.25) is 0 Å². The molecule has 0 atom stereocenters. The van der Waals surface area contributed by atoms with Gasteiger partial charge in [0.1, 0.15) is 5.75 Å². The first-order valence-corrected chi connectivity index (χ1v) is 6.98. The van der Waals surface area contributed by atoms with Gasteiger partial charge in [0, 0.05) is 6.54 Å². The maximum atomic E-state index is 5.75. The lowest BCUT2D eigenvalue weighted by Gasteiger charge is -2.12. The largest absolute Gasteiger partial charge is 0.492 e. The third kappa shape index (κ3) is 5.55. The standard InChI is InChI=1S/C14H22BrNO/c1-4-6-12-7-8-14(13(15)11-12)17-10-5-9-16(2)3/h7-8,11H,4-6,9-10H2,1-3H3. The molecule has 1 aromatic rings. The number of hydrogen-bond acceptors (Lipinski definition) is 2. The molecule has 0 fully saturated rings. The van der Waals surface area contributed by atoms with Gasteiger partial charge in [0.25, 0.3) is 0 Å². The maximum absolute atomic E-state index is 5.75. The van der Waals surface area contributed by atoms with Gasteiger partial charge in [-0.15, -0.1) is 0 Å². The first-order chi connectivity index (χ1) is 8.13. The summed E-state index contributed by atoms with van der Waals surface area (Å²) in [6.07, 6.45) is 3.35. The van der Waals surface area contributed by atoms with Crippen LogP contribution >= 0.6 is 15.9 Å². The van der Waals surface area contributed by atoms with Gasteiger partial charge in [-0.05, 0) is 60.6 Å². The van der Waals surface area contributed by atoms with Crippen LogP contribution in [0.2, 0.25) is 0 Å². The van der Waals surface area contributed by atoms with Gasteiger partial charge < -0.3 is 9.64 Å². The first kappa shape index (κ1) is 14.5. The second-order valence-corrected chi connectivity index (χ2v) is 5.37. The molecule has 0 radical (unpaired) electrons. The highest BCUT2D eigenvalue weighted by Gasteiger charge is 2.02. The molecule has 1 aromatic carbocycles. The van der Waals surface area contributed by atoms with Crippen LogP contribution < -0.4 is 4.74 Å². The Kier molecular flexibility index (Phi) is 6.60. The Balaban J connectivity index is 2.43. The van der Waals surface area contributed by atoms with Gasteiger partial charge in [0.05, 0.1) is 11.1 Å². The van der Waals surface area contributed by atoms with E-state index in [9.17, 15) is 0 Å². The zero-order valence-corrected chi connectivity index (χ0v) is 12.6. The van der Waals surface area contributed by atoms with E-state index in [0.29, 0.717) is 0 Å². The molecule has 17 heavy (non-hydrogen) atoms. The summed E-state index contributed by atoms with van der Waals surface area (Å²) >= 11 is 3.56. The highest BCUT2D eigenvalue weighted by atomic mass is 79.9. The predicted octanol–water partition coefficient (Wildman–Crippen LogP) is 3.73. The van der Waals surface area contributed by atoms with E-state index in [1.54, 1.807) is 0 Å². The molecule has 0 aliphatic heterocycles. The second-order valence-electron chi connectivity index (χ2n) is 4.52. The van der Waals surface area contributed by atoms with Crippen LogP contribution in [-0.4, -0.2) is 32.1 Å². The number of halogens is 1. The van der Waals surface area contributed by atoms with Crippen molar-refractivity contribution in [3.8, 4) is 5.75 Å². The topological polar surface area (TPSA) is 12.5 Å². The minimum absolute atomic E-state index is 0.768. The molecule has 2 nitrogen and oxygen atoms in total. The van der Waals surface area contributed by atoms with E-state index in [0.717, 1.165) is 36.2 Å². The summed E-state index contributed by atoms with van der Waals surface area (Å²) in [5, 5.41) is 0. The normalized spacial score (nSPS) is 10.9. The minimum Gasteiger partial charge on any atom is -0.492 e. The number of hydrogen-bond donors (Lipinski definition) is 0. The Bertz CT molecular complexity index is 339. The van der Waals surface area contributed by atoms with Crippen molar-refractivity contribution in [3.63, 3.8) is 0 Å². The summed E-state index contributed by atoms with van der Waals surface area (Å²) in [7, 11) is 4.16. The van der Waals surface area contributed by atoms with Crippen LogP contribution in [0.15, 0.2) is 22.7 Å². The van der Waals surface area contributed by atoms with Crippen molar-refractivity contribution in [2.75, 3.05) is 27.2 Å². The summed E-state index contributed by atoms with van der Waals surface area (Å²) in [4.78, 5) is 2.17. The molecule has 96 valence electrons. The van der Waals surface area contributed by atoms with Gasteiger partial charge in [-0.1, -0.05) is 19.4 Å². The van der Waals surface area contributed by atoms with Gasteiger partial charge in [-0.2, -0.15) is 0 Å². The number of ether oxygens (including phenoxy) is 1. The lowest BCUT2D eigenvalue weighted by atomic mass is 10.1. The summed E-state index contributed by atoms with van der Waals surface area (Å²) in [5.41, 5.74) is 1.36. The second kappa shape index (κ2) is 7.72. The zero-order chi connectivity index (χ0) is 12.7. The fourth-order valence-corrected chi connectivity index (χ4v) is 2.21. The molecular formula is C14H22BrNO. The molecule has 3 heteroatoms. The molecule has 0 aliphatic rings. The molecule has 1 rings (SSSR count). The van der Waals surface area contributed by atoms with Crippen molar-refractivity contribution in [3.05, 3.63) is 28.2 Å². The van der Waals surface area contributed by atoms with Crippen molar-refractivity contribution in [1.82, 2.24) is 4.90 Å². The van der Waals surface area contributed by atoms with E-state index in [1.165, 1.54) is 12.0 Å². The van der Waals surface area contributed by atoms with E-state index in [-0.39, 0.29) is 0 Å². The van der Waals surface area contributed by atoms with Gasteiger partial charge in [0.15, 0.2) is 0 Å². The Morgan fingerprint density at radius 2 is 2.06 bits per heavy atom. The van der Waals surface area contributed by atoms with E-state index >= 15 is 0 Å². The van der Waals surface area contributed by atoms with Crippen molar-refractivity contribution < 1.29 is 4.74 Å². The van der Waals surface area contributed by atoms with Crippen molar-refractivity contribution in [2.45, 2.75) is 26.2 Å². The summed E-state index contributed by atoms with van der Waals surface area (Å²) in [6, 6.07) is 6.37. The Hall–Kier alpha value is -0.540. The van der Waals surface area contributed by atoms with Gasteiger partial charge in [0.2, 0.25) is 0 Å². The molecular weight excluding hydrogens is 278 g/mol. The van der Waals surface area contributed by atoms with Crippen LogP contribution in [0.4, 0.5) is 0 Å². The molecule has 0 amide bonds. The molecule has 0 saturated heterocycles. The van der Waals surface area contributed by atoms with E-state index in [2.05, 4.69) is 60.0 Å². The number of benzene rings is 1. The van der Waals surface area contributed by atoms with Crippen LogP contribution in [-0.2, 0) is 6.42 Å². The molecule has 0 spiro atoms. The highest BCUT2D eigenvalue weighted by Crippen LogP contribution is 2.26. The fraction of sp³-hybridized carbons (Fsp3) is 0.571. The maximum Gasteiger partial charge on any atom is 0.133 e. The van der Waals surface area contributed by atoms with E-state index < -0.39 is 0 Å². The summed E-state index contributed by atoms with van der Waals surface area (Å²) < 4.78 is 6.81. The average molecular weight is 300 g/mol. The lowest BCUT2D eigenvalue weighted by Crippen LogP contribution is -2.15. The van der Waals surface area contributed by atoms with Crippen LogP contribution in [0.3, 0.4) is 0 Å². The number of aryl methyl sites for hydroxylation is 1. The highest BCUT2D eigenvalue weighted by molar-refractivity contribution is 9.10. The molecule has 0 bridgehead atoms. The summed E-state index contributed by atoms with van der Waals surface area (Å²) in [6.45, 7) is 4.02. The monoisotopic (exact) mass is 299 g/mol. The quantitative estimate of drug-likeness (QED) is 0.711. The Morgan fingerprint density at radius 1 is 1.29 bits per heavy atom. The molecule has 0 heterocycles. The third-order valence-corrected chi connectivity index (χ3v) is 3.16. The molecule has 0 saturated carbocycles. The predicted molar refractivity (Wildman–Crippen MR) is 76.8 cm³/mol. The average Bonchev–Trinajstić information content (AvgIpc) is 2.27. The van der Waals surface area contributed by atoms with E-state index in [4.69, 9.17) is 4.74 Å². The Morgan fingerprint density at radius 3 is 2.65 bits per heavy atom. The SMILES string of the molecule is CCCc1ccc(OCCCN(C)C)c(Br)c1. The fourth-order valence-electron chi connectivity index (χ4n) is 1.67. The smallest absolute Gasteiger partial charge is 0.133 e. The molecule has 0 unspecified atom stereocenters. The zero-order valence-electron chi connectivity index (χ0n) is 11.0. The van der Waals surface area contributed by atoms with Crippen LogP contribution in [0.25, 0.3) is 0 Å². The summed E-state index contributed by atoms with van der Waals surface area (Å²) in [5.74, 6) is 0.948. The number of rotatable bonds is 7. The first-order valence-electron chi connectivity index (χ1n) is 6.19. The molecule has 0 N–H and O–H groups in total. The van der Waals surface area contributed by atoms with E-state index in [1.807, 2.05) is 0 Å².